The van der Waals surface area contributed by atoms with Gasteiger partial charge in [-0.05, 0) is 43.3 Å². The van der Waals surface area contributed by atoms with Crippen molar-refractivity contribution in [3.8, 4) is 23.5 Å². The van der Waals surface area contributed by atoms with E-state index in [1.165, 1.54) is 28.8 Å². The predicted octanol–water partition coefficient (Wildman–Crippen LogP) is 3.59. The average molecular weight is 374 g/mol. The van der Waals surface area contributed by atoms with Crippen LogP contribution < -0.4 is 10.3 Å². The summed E-state index contributed by atoms with van der Waals surface area (Å²) in [5, 5.41) is 9.53. The number of nitriles is 1. The van der Waals surface area contributed by atoms with Crippen molar-refractivity contribution in [2.75, 3.05) is 6.61 Å². The third-order valence-corrected chi connectivity index (χ3v) is 4.30. The second kappa shape index (κ2) is 7.00. The minimum Gasteiger partial charge on any atom is -0.465 e. The molecule has 0 saturated heterocycles. The lowest BCUT2D eigenvalue weighted by molar-refractivity contribution is 0.303. The molecule has 7 heteroatoms. The van der Waals surface area contributed by atoms with Gasteiger partial charge in [-0.2, -0.15) is 10.2 Å². The number of rotatable bonds is 4. The summed E-state index contributed by atoms with van der Waals surface area (Å²) < 4.78 is 21.9. The predicted molar refractivity (Wildman–Crippen MR) is 103 cm³/mol. The Morgan fingerprint density at radius 1 is 1.11 bits per heavy atom. The summed E-state index contributed by atoms with van der Waals surface area (Å²) >= 11 is 0. The highest BCUT2D eigenvalue weighted by atomic mass is 19.1. The molecular weight excluding hydrogens is 359 g/mol. The molecular formula is C21H15FN4O2. The van der Waals surface area contributed by atoms with Gasteiger partial charge in [-0.15, -0.1) is 0 Å². The van der Waals surface area contributed by atoms with Gasteiger partial charge in [0.1, 0.15) is 22.9 Å². The number of benzene rings is 2. The summed E-state index contributed by atoms with van der Waals surface area (Å²) in [6.07, 6.45) is 1.58. The second-order valence-electron chi connectivity index (χ2n) is 6.00. The Kier molecular flexibility index (Phi) is 4.38. The van der Waals surface area contributed by atoms with E-state index < -0.39 is 11.4 Å². The largest absolute Gasteiger partial charge is 0.465 e. The van der Waals surface area contributed by atoms with Gasteiger partial charge in [0.2, 0.25) is 0 Å². The van der Waals surface area contributed by atoms with Crippen LogP contribution in [0.5, 0.6) is 6.01 Å². The summed E-state index contributed by atoms with van der Waals surface area (Å²) in [4.78, 5) is 17.9. The minimum absolute atomic E-state index is 0.0499. The lowest BCUT2D eigenvalue weighted by Gasteiger charge is -2.13. The zero-order chi connectivity index (χ0) is 19.7. The molecule has 6 nitrogen and oxygen atoms in total. The van der Waals surface area contributed by atoms with Crippen LogP contribution in [0.4, 0.5) is 4.39 Å². The van der Waals surface area contributed by atoms with E-state index in [2.05, 4.69) is 11.1 Å². The third kappa shape index (κ3) is 2.81. The van der Waals surface area contributed by atoms with Crippen LogP contribution in [0.3, 0.4) is 0 Å². The normalized spacial score (nSPS) is 10.8. The number of para-hydroxylation sites is 1. The molecule has 0 aliphatic carbocycles. The molecule has 28 heavy (non-hydrogen) atoms. The molecule has 0 spiro atoms. The van der Waals surface area contributed by atoms with Crippen molar-refractivity contribution < 1.29 is 9.13 Å². The van der Waals surface area contributed by atoms with Crippen molar-refractivity contribution in [3.63, 3.8) is 0 Å². The summed E-state index contributed by atoms with van der Waals surface area (Å²) in [7, 11) is 0. The molecule has 2 aromatic carbocycles. The van der Waals surface area contributed by atoms with Crippen LogP contribution in [0.1, 0.15) is 12.5 Å². The highest BCUT2D eigenvalue weighted by Crippen LogP contribution is 2.24. The Morgan fingerprint density at radius 2 is 1.82 bits per heavy atom. The Bertz CT molecular complexity index is 1250. The number of hydrogen-bond donors (Lipinski definition) is 0. The van der Waals surface area contributed by atoms with Crippen molar-refractivity contribution in [2.24, 2.45) is 0 Å². The highest BCUT2D eigenvalue weighted by molar-refractivity contribution is 5.84. The molecule has 0 fully saturated rings. The molecule has 0 saturated carbocycles. The first-order valence-corrected chi connectivity index (χ1v) is 8.66. The third-order valence-electron chi connectivity index (χ3n) is 4.30. The maximum absolute atomic E-state index is 13.5. The van der Waals surface area contributed by atoms with E-state index in [1.54, 1.807) is 17.7 Å². The van der Waals surface area contributed by atoms with E-state index in [-0.39, 0.29) is 29.2 Å². The number of ether oxygens (including phenoxy) is 1. The molecule has 2 aromatic heterocycles. The van der Waals surface area contributed by atoms with Crippen LogP contribution in [-0.4, -0.2) is 20.7 Å². The van der Waals surface area contributed by atoms with Gasteiger partial charge in [0, 0.05) is 11.9 Å². The molecule has 4 rings (SSSR count). The SMILES string of the molecule is CCOc1nc2c(C#N)cn(-c3ccccc3)c2c(=O)n1-c1ccc(F)cc1. The molecule has 0 aliphatic rings. The molecule has 138 valence electrons. The van der Waals surface area contributed by atoms with Gasteiger partial charge in [0.05, 0.1) is 17.9 Å². The van der Waals surface area contributed by atoms with Crippen molar-refractivity contribution in [1.29, 1.82) is 5.26 Å². The van der Waals surface area contributed by atoms with Crippen molar-refractivity contribution in [1.82, 2.24) is 14.1 Å². The summed E-state index contributed by atoms with van der Waals surface area (Å²) in [6, 6.07) is 16.8. The van der Waals surface area contributed by atoms with Crippen LogP contribution >= 0.6 is 0 Å². The first kappa shape index (κ1) is 17.5. The number of hydrogen-bond acceptors (Lipinski definition) is 4. The van der Waals surface area contributed by atoms with E-state index in [9.17, 15) is 14.4 Å². The Balaban J connectivity index is 2.11. The molecule has 0 N–H and O–H groups in total. The molecule has 0 atom stereocenters. The molecule has 0 aliphatic heterocycles. The standard InChI is InChI=1S/C21H15FN4O2/c1-2-28-21-24-18-14(12-23)13-25(16-6-4-3-5-7-16)19(18)20(27)26(21)17-10-8-15(22)9-11-17/h3-11,13H,2H2,1H3. The highest BCUT2D eigenvalue weighted by Gasteiger charge is 2.21. The molecule has 0 bridgehead atoms. The van der Waals surface area contributed by atoms with E-state index in [0.717, 1.165) is 5.69 Å². The van der Waals surface area contributed by atoms with Gasteiger partial charge >= 0.3 is 6.01 Å². The molecule has 0 unspecified atom stereocenters. The average Bonchev–Trinajstić information content (AvgIpc) is 3.09. The fraction of sp³-hybridized carbons (Fsp3) is 0.0952. The monoisotopic (exact) mass is 374 g/mol. The molecule has 0 radical (unpaired) electrons. The van der Waals surface area contributed by atoms with Gasteiger partial charge in [-0.3, -0.25) is 4.79 Å². The molecule has 4 aromatic rings. The number of aromatic nitrogens is 3. The minimum atomic E-state index is -0.414. The summed E-state index contributed by atoms with van der Waals surface area (Å²) in [6.45, 7) is 2.05. The van der Waals surface area contributed by atoms with Crippen molar-refractivity contribution in [2.45, 2.75) is 6.92 Å². The molecule has 0 amide bonds. The summed E-state index contributed by atoms with van der Waals surface area (Å²) in [5.74, 6) is -0.414. The van der Waals surface area contributed by atoms with Crippen LogP contribution in [0, 0.1) is 17.1 Å². The maximum Gasteiger partial charge on any atom is 0.304 e. The second-order valence-corrected chi connectivity index (χ2v) is 6.00. The van der Waals surface area contributed by atoms with Gasteiger partial charge in [0.15, 0.2) is 0 Å². The van der Waals surface area contributed by atoms with Crippen molar-refractivity contribution in [3.05, 3.63) is 82.5 Å². The zero-order valence-electron chi connectivity index (χ0n) is 15.0. The first-order chi connectivity index (χ1) is 13.6. The number of fused-ring (bicyclic) bond motifs is 1. The summed E-state index contributed by atoms with van der Waals surface area (Å²) in [5.41, 5.74) is 1.51. The maximum atomic E-state index is 13.5. The fourth-order valence-electron chi connectivity index (χ4n) is 3.07. The Hall–Kier alpha value is -3.92. The van der Waals surface area contributed by atoms with E-state index in [4.69, 9.17) is 4.74 Å². The van der Waals surface area contributed by atoms with Crippen LogP contribution in [0.2, 0.25) is 0 Å². The van der Waals surface area contributed by atoms with E-state index >= 15 is 0 Å². The van der Waals surface area contributed by atoms with E-state index in [1.807, 2.05) is 30.3 Å². The quantitative estimate of drug-likeness (QED) is 0.547. The number of nitrogens with zero attached hydrogens (tertiary/aromatic N) is 4. The van der Waals surface area contributed by atoms with Gasteiger partial charge in [-0.25, -0.2) is 8.96 Å². The van der Waals surface area contributed by atoms with Crippen LogP contribution in [0.15, 0.2) is 65.6 Å². The zero-order valence-corrected chi connectivity index (χ0v) is 15.0. The van der Waals surface area contributed by atoms with E-state index in [0.29, 0.717) is 5.69 Å². The fourth-order valence-corrected chi connectivity index (χ4v) is 3.07. The van der Waals surface area contributed by atoms with Crippen LogP contribution in [-0.2, 0) is 0 Å². The Morgan fingerprint density at radius 3 is 2.46 bits per heavy atom. The lowest BCUT2D eigenvalue weighted by Crippen LogP contribution is -2.23. The topological polar surface area (TPSA) is 72.8 Å². The van der Waals surface area contributed by atoms with Gasteiger partial charge < -0.3 is 9.30 Å². The van der Waals surface area contributed by atoms with Gasteiger partial charge in [0.25, 0.3) is 5.56 Å². The Labute approximate surface area is 159 Å². The van der Waals surface area contributed by atoms with Crippen molar-refractivity contribution >= 4 is 11.0 Å². The number of halogens is 1. The lowest BCUT2D eigenvalue weighted by atomic mass is 10.3. The molecule has 2 heterocycles. The smallest absolute Gasteiger partial charge is 0.304 e. The first-order valence-electron chi connectivity index (χ1n) is 8.66. The van der Waals surface area contributed by atoms with Crippen LogP contribution in [0.25, 0.3) is 22.4 Å². The van der Waals surface area contributed by atoms with Gasteiger partial charge in [-0.1, -0.05) is 18.2 Å².